The van der Waals surface area contributed by atoms with Crippen molar-refractivity contribution in [1.82, 2.24) is 10.2 Å². The molecule has 1 heterocycles. The summed E-state index contributed by atoms with van der Waals surface area (Å²) in [5.41, 5.74) is 2.73. The van der Waals surface area contributed by atoms with Gasteiger partial charge < -0.3 is 5.32 Å². The van der Waals surface area contributed by atoms with Crippen LogP contribution in [0.2, 0.25) is 0 Å². The predicted octanol–water partition coefficient (Wildman–Crippen LogP) is 3.89. The second-order valence-corrected chi connectivity index (χ2v) is 6.89. The highest BCUT2D eigenvalue weighted by Crippen LogP contribution is 2.25. The normalized spacial score (nSPS) is 19.2. The van der Waals surface area contributed by atoms with E-state index in [1.807, 2.05) is 6.92 Å². The molecule has 2 aromatic carbocycles. The first-order valence-electron chi connectivity index (χ1n) is 9.16. The predicted molar refractivity (Wildman–Crippen MR) is 100.0 cm³/mol. The van der Waals surface area contributed by atoms with Crippen LogP contribution in [0.15, 0.2) is 36.4 Å². The van der Waals surface area contributed by atoms with Crippen molar-refractivity contribution in [1.29, 1.82) is 0 Å². The number of nitrogens with zero attached hydrogens (tertiary/aromatic N) is 1. The van der Waals surface area contributed by atoms with Crippen LogP contribution in [-0.4, -0.2) is 30.4 Å². The molecule has 1 N–H and O–H groups in total. The molecule has 0 aromatic heterocycles. The zero-order chi connectivity index (χ0) is 16.9. The van der Waals surface area contributed by atoms with Gasteiger partial charge in [-0.2, -0.15) is 0 Å². The molecule has 0 saturated carbocycles. The third-order valence-electron chi connectivity index (χ3n) is 5.17. The van der Waals surface area contributed by atoms with Gasteiger partial charge in [0.1, 0.15) is 0 Å². The number of carbonyl (C=O) groups is 1. The lowest BCUT2D eigenvalue weighted by Gasteiger charge is -2.21. The second-order valence-electron chi connectivity index (χ2n) is 6.89. The number of likely N-dealkylation sites (tertiary alicyclic amines) is 1. The van der Waals surface area contributed by atoms with Gasteiger partial charge in [-0.3, -0.25) is 9.69 Å². The first-order chi connectivity index (χ1) is 11.7. The van der Waals surface area contributed by atoms with Gasteiger partial charge in [0.05, 0.1) is 0 Å². The number of benzene rings is 2. The second kappa shape index (κ2) is 7.80. The monoisotopic (exact) mass is 324 g/mol. The smallest absolute Gasteiger partial charge is 0.223 e. The van der Waals surface area contributed by atoms with E-state index in [1.165, 1.54) is 21.9 Å². The lowest BCUT2D eigenvalue weighted by atomic mass is 9.99. The number of nitrogens with one attached hydrogen (secondary N) is 1. The summed E-state index contributed by atoms with van der Waals surface area (Å²) in [5, 5.41) is 5.70. The molecule has 3 heteroatoms. The molecule has 0 bridgehead atoms. The largest absolute Gasteiger partial charge is 0.356 e. The van der Waals surface area contributed by atoms with Crippen LogP contribution in [0.5, 0.6) is 0 Å². The maximum atomic E-state index is 12.1. The van der Waals surface area contributed by atoms with Crippen molar-refractivity contribution in [3.8, 4) is 0 Å². The summed E-state index contributed by atoms with van der Waals surface area (Å²) in [5.74, 6) is 0.421. The molecular weight excluding hydrogens is 296 g/mol. The quantitative estimate of drug-likeness (QED) is 0.925. The average molecular weight is 324 g/mol. The Morgan fingerprint density at radius 3 is 2.71 bits per heavy atom. The summed E-state index contributed by atoms with van der Waals surface area (Å²) in [6, 6.07) is 13.2. The fourth-order valence-electron chi connectivity index (χ4n) is 3.79. The van der Waals surface area contributed by atoms with Crippen molar-refractivity contribution in [2.24, 2.45) is 5.92 Å². The number of carbonyl (C=O) groups excluding carboxylic acids is 1. The zero-order valence-corrected chi connectivity index (χ0v) is 14.8. The van der Waals surface area contributed by atoms with Crippen molar-refractivity contribution < 1.29 is 4.79 Å². The molecule has 1 atom stereocenters. The molecule has 2 aromatic rings. The van der Waals surface area contributed by atoms with E-state index in [9.17, 15) is 4.79 Å². The Labute approximate surface area is 145 Å². The van der Waals surface area contributed by atoms with Crippen LogP contribution in [0.4, 0.5) is 0 Å². The molecule has 0 spiro atoms. The fraction of sp³-hybridized carbons (Fsp3) is 0.476. The van der Waals surface area contributed by atoms with Crippen molar-refractivity contribution in [3.63, 3.8) is 0 Å². The summed E-state index contributed by atoms with van der Waals surface area (Å²) < 4.78 is 0. The molecule has 128 valence electrons. The number of hydrogen-bond acceptors (Lipinski definition) is 2. The molecule has 3 rings (SSSR count). The number of fused-ring (bicyclic) bond motifs is 1. The molecule has 1 saturated heterocycles. The number of aryl methyl sites for hydroxylation is 1. The first-order valence-corrected chi connectivity index (χ1v) is 9.16. The molecular formula is C21H28N2O. The van der Waals surface area contributed by atoms with Crippen LogP contribution in [-0.2, 0) is 11.3 Å². The molecule has 1 fully saturated rings. The summed E-state index contributed by atoms with van der Waals surface area (Å²) >= 11 is 0. The van der Waals surface area contributed by atoms with Gasteiger partial charge in [0.2, 0.25) is 5.91 Å². The van der Waals surface area contributed by atoms with E-state index in [1.54, 1.807) is 0 Å². The van der Waals surface area contributed by atoms with Crippen LogP contribution in [0.25, 0.3) is 10.8 Å². The van der Waals surface area contributed by atoms with E-state index < -0.39 is 0 Å². The molecule has 1 amide bonds. The van der Waals surface area contributed by atoms with Gasteiger partial charge in [0.15, 0.2) is 0 Å². The molecule has 1 aliphatic heterocycles. The lowest BCUT2D eigenvalue weighted by Crippen LogP contribution is -2.31. The van der Waals surface area contributed by atoms with Gasteiger partial charge in [-0.1, -0.05) is 36.4 Å². The van der Waals surface area contributed by atoms with Crippen LogP contribution in [0.1, 0.15) is 37.3 Å². The Balaban J connectivity index is 1.71. The molecule has 3 nitrogen and oxygen atoms in total. The summed E-state index contributed by atoms with van der Waals surface area (Å²) in [4.78, 5) is 14.6. The van der Waals surface area contributed by atoms with Crippen molar-refractivity contribution in [2.45, 2.75) is 39.7 Å². The van der Waals surface area contributed by atoms with E-state index >= 15 is 0 Å². The van der Waals surface area contributed by atoms with E-state index in [0.717, 1.165) is 45.4 Å². The van der Waals surface area contributed by atoms with Gasteiger partial charge in [0.25, 0.3) is 0 Å². The maximum Gasteiger partial charge on any atom is 0.223 e. The van der Waals surface area contributed by atoms with Crippen LogP contribution in [0, 0.1) is 12.8 Å². The topological polar surface area (TPSA) is 32.3 Å². The number of hydrogen-bond donors (Lipinski definition) is 1. The standard InChI is InChI=1S/C21H28N2O/c1-3-22-21(24)17-7-6-13-23(14-12-17)15-18-11-10-16(2)19-8-4-5-9-20(18)19/h4-5,8-11,17H,3,6-7,12-15H2,1-2H3,(H,22,24). The number of amides is 1. The zero-order valence-electron chi connectivity index (χ0n) is 14.8. The Morgan fingerprint density at radius 2 is 1.92 bits per heavy atom. The van der Waals surface area contributed by atoms with Crippen molar-refractivity contribution in [2.75, 3.05) is 19.6 Å². The molecule has 24 heavy (non-hydrogen) atoms. The van der Waals surface area contributed by atoms with E-state index in [0.29, 0.717) is 0 Å². The highest BCUT2D eigenvalue weighted by Gasteiger charge is 2.22. The SMILES string of the molecule is CCNC(=O)C1CCCN(Cc2ccc(C)c3ccccc23)CC1. The Hall–Kier alpha value is -1.87. The van der Waals surface area contributed by atoms with Crippen molar-refractivity contribution >= 4 is 16.7 Å². The third-order valence-corrected chi connectivity index (χ3v) is 5.17. The Kier molecular flexibility index (Phi) is 5.52. The van der Waals surface area contributed by atoms with E-state index in [-0.39, 0.29) is 11.8 Å². The van der Waals surface area contributed by atoms with Gasteiger partial charge >= 0.3 is 0 Å². The lowest BCUT2D eigenvalue weighted by molar-refractivity contribution is -0.125. The van der Waals surface area contributed by atoms with Crippen LogP contribution < -0.4 is 5.32 Å². The maximum absolute atomic E-state index is 12.1. The average Bonchev–Trinajstić information content (AvgIpc) is 2.84. The minimum atomic E-state index is 0.185. The fourth-order valence-corrected chi connectivity index (χ4v) is 3.79. The minimum absolute atomic E-state index is 0.185. The first kappa shape index (κ1) is 17.0. The van der Waals surface area contributed by atoms with Gasteiger partial charge in [0, 0.05) is 19.0 Å². The van der Waals surface area contributed by atoms with Crippen LogP contribution in [0.3, 0.4) is 0 Å². The highest BCUT2D eigenvalue weighted by molar-refractivity contribution is 5.88. The molecule has 1 unspecified atom stereocenters. The van der Waals surface area contributed by atoms with Gasteiger partial charge in [-0.15, -0.1) is 0 Å². The Bertz CT molecular complexity index is 710. The summed E-state index contributed by atoms with van der Waals surface area (Å²) in [7, 11) is 0. The van der Waals surface area contributed by atoms with Crippen molar-refractivity contribution in [3.05, 3.63) is 47.5 Å². The summed E-state index contributed by atoms with van der Waals surface area (Å²) in [6.07, 6.45) is 3.08. The molecule has 0 aliphatic carbocycles. The number of rotatable bonds is 4. The molecule has 0 radical (unpaired) electrons. The minimum Gasteiger partial charge on any atom is -0.356 e. The Morgan fingerprint density at radius 1 is 1.12 bits per heavy atom. The highest BCUT2D eigenvalue weighted by atomic mass is 16.1. The van der Waals surface area contributed by atoms with Gasteiger partial charge in [-0.05, 0) is 68.1 Å². The van der Waals surface area contributed by atoms with Gasteiger partial charge in [-0.25, -0.2) is 0 Å². The van der Waals surface area contributed by atoms with E-state index in [4.69, 9.17) is 0 Å². The third kappa shape index (κ3) is 3.78. The summed E-state index contributed by atoms with van der Waals surface area (Å²) in [6.45, 7) is 7.96. The molecule has 1 aliphatic rings. The van der Waals surface area contributed by atoms with Crippen LogP contribution >= 0.6 is 0 Å². The van der Waals surface area contributed by atoms with E-state index in [2.05, 4.69) is 53.5 Å².